The molecule has 2 aliphatic rings. The molecule has 210 valence electrons. The largest absolute Gasteiger partial charge is 0.367 e. The van der Waals surface area contributed by atoms with E-state index in [1.165, 1.54) is 36.4 Å². The highest BCUT2D eigenvalue weighted by molar-refractivity contribution is 6.77. The fraction of sp³-hybridized carbons (Fsp3) is 0.357. The zero-order valence-corrected chi connectivity index (χ0v) is 23.9. The molecule has 0 radical (unpaired) electrons. The molecule has 0 N–H and O–H groups in total. The molecule has 2 atom stereocenters. The van der Waals surface area contributed by atoms with Crippen LogP contribution in [0.15, 0.2) is 54.6 Å². The quantitative estimate of drug-likeness (QED) is 0.165. The molecule has 2 fully saturated rings. The third kappa shape index (κ3) is 5.40. The number of nitrogens with zero attached hydrogens (tertiary/aromatic N) is 4. The van der Waals surface area contributed by atoms with Crippen molar-refractivity contribution in [3.8, 4) is 0 Å². The number of nitro groups is 2. The van der Waals surface area contributed by atoms with Crippen LogP contribution in [-0.4, -0.2) is 31.0 Å². The highest BCUT2D eigenvalue weighted by Gasteiger charge is 2.38. The lowest BCUT2D eigenvalue weighted by Gasteiger charge is -2.38. The van der Waals surface area contributed by atoms with E-state index in [0.29, 0.717) is 37.2 Å². The second-order valence-electron chi connectivity index (χ2n) is 11.2. The smallest absolute Gasteiger partial charge is 0.288 e. The lowest BCUT2D eigenvalue weighted by molar-refractivity contribution is -0.385. The van der Waals surface area contributed by atoms with Crippen LogP contribution in [0.25, 0.3) is 0 Å². The van der Waals surface area contributed by atoms with E-state index in [1.807, 2.05) is 4.90 Å². The van der Waals surface area contributed by atoms with E-state index in [9.17, 15) is 20.2 Å². The van der Waals surface area contributed by atoms with Gasteiger partial charge in [-0.25, -0.2) is 8.78 Å². The summed E-state index contributed by atoms with van der Waals surface area (Å²) in [6.07, 6.45) is 1.10. The van der Waals surface area contributed by atoms with E-state index in [1.54, 1.807) is 23.1 Å². The Balaban J connectivity index is 1.57. The second-order valence-corrected chi connectivity index (χ2v) is 17.0. The Bertz CT molecular complexity index is 1440. The summed E-state index contributed by atoms with van der Waals surface area (Å²) in [5, 5.41) is 22.8. The van der Waals surface area contributed by atoms with Gasteiger partial charge in [-0.3, -0.25) is 20.2 Å². The van der Waals surface area contributed by atoms with Crippen LogP contribution >= 0.6 is 11.6 Å². The molecular weight excluding hydrogens is 558 g/mol. The third-order valence-corrected chi connectivity index (χ3v) is 11.6. The normalized spacial score (nSPS) is 20.5. The van der Waals surface area contributed by atoms with Crippen LogP contribution < -0.4 is 9.80 Å². The molecule has 3 aromatic rings. The molecule has 0 spiro atoms. The highest BCUT2D eigenvalue weighted by Crippen LogP contribution is 2.49. The van der Waals surface area contributed by atoms with Gasteiger partial charge in [-0.1, -0.05) is 42.9 Å². The minimum absolute atomic E-state index is 0.000530. The average molecular weight is 587 g/mol. The number of hydrogen-bond acceptors (Lipinski definition) is 6. The predicted molar refractivity (Wildman–Crippen MR) is 154 cm³/mol. The summed E-state index contributed by atoms with van der Waals surface area (Å²) in [4.78, 5) is 25.4. The van der Waals surface area contributed by atoms with Gasteiger partial charge < -0.3 is 9.80 Å². The molecule has 2 saturated heterocycles. The number of anilines is 2. The van der Waals surface area contributed by atoms with Crippen molar-refractivity contribution < 1.29 is 18.6 Å². The minimum atomic E-state index is -1.35. The van der Waals surface area contributed by atoms with Crippen LogP contribution in [0, 0.1) is 31.9 Å². The summed E-state index contributed by atoms with van der Waals surface area (Å²) in [5.74, 6) is -1.32. The molecule has 8 nitrogen and oxygen atoms in total. The van der Waals surface area contributed by atoms with Crippen molar-refractivity contribution in [3.63, 3.8) is 0 Å². The monoisotopic (exact) mass is 586 g/mol. The van der Waals surface area contributed by atoms with Gasteiger partial charge in [0.25, 0.3) is 11.4 Å². The van der Waals surface area contributed by atoms with Gasteiger partial charge in [-0.05, 0) is 54.3 Å². The van der Waals surface area contributed by atoms with Gasteiger partial charge in [-0.2, -0.15) is 0 Å². The number of benzene rings is 3. The van der Waals surface area contributed by atoms with Crippen molar-refractivity contribution in [1.82, 2.24) is 0 Å². The molecular formula is C28H29ClF2N4O4Si. The van der Waals surface area contributed by atoms with Crippen molar-refractivity contribution in [1.29, 1.82) is 0 Å². The molecule has 2 heterocycles. The van der Waals surface area contributed by atoms with E-state index in [4.69, 9.17) is 11.6 Å². The first-order chi connectivity index (χ1) is 18.9. The molecule has 0 unspecified atom stereocenters. The predicted octanol–water partition coefficient (Wildman–Crippen LogP) is 8.05. The summed E-state index contributed by atoms with van der Waals surface area (Å²) in [7, 11) is -1.35. The SMILES string of the molecule is C[Si]1(C)CCN(c2c(F)cc(N3[C@@H](c4ccc([N+](=O)[O-])cc4)CC[C@@H]3c3ccc(Cl)c([N+](=O)[O-])c3)cc2F)CC1. The van der Waals surface area contributed by atoms with Gasteiger partial charge in [0.15, 0.2) is 11.6 Å². The maximum absolute atomic E-state index is 15.7. The zero-order chi connectivity index (χ0) is 28.8. The van der Waals surface area contributed by atoms with Gasteiger partial charge in [0.2, 0.25) is 0 Å². The lowest BCUT2D eigenvalue weighted by atomic mass is 10.0. The summed E-state index contributed by atoms with van der Waals surface area (Å²) in [6.45, 7) is 5.79. The molecule has 0 amide bonds. The maximum atomic E-state index is 15.7. The van der Waals surface area contributed by atoms with E-state index < -0.39 is 35.6 Å². The van der Waals surface area contributed by atoms with E-state index in [-0.39, 0.29) is 28.1 Å². The molecule has 0 aromatic heterocycles. The summed E-state index contributed by atoms with van der Waals surface area (Å²) >= 11 is 6.05. The number of rotatable bonds is 6. The van der Waals surface area contributed by atoms with Crippen molar-refractivity contribution >= 4 is 42.4 Å². The molecule has 0 aliphatic carbocycles. The fourth-order valence-electron chi connectivity index (χ4n) is 5.86. The Morgan fingerprint density at radius 3 is 1.95 bits per heavy atom. The third-order valence-electron chi connectivity index (χ3n) is 8.16. The number of non-ortho nitro benzene ring substituents is 1. The molecule has 2 aliphatic heterocycles. The van der Waals surface area contributed by atoms with Crippen LogP contribution in [0.1, 0.15) is 36.1 Å². The molecule has 5 rings (SSSR count). The lowest BCUT2D eigenvalue weighted by Crippen LogP contribution is -2.43. The standard InChI is InChI=1S/C28H29ClF2N4O4Si/c1-40(2)13-11-32(12-14-40)28-23(30)16-21(17-24(28)31)33-25(18-3-6-20(7-4-18)34(36)37)9-10-26(33)19-5-8-22(29)27(15-19)35(38)39/h3-8,15-17,25-26H,9-14H2,1-2H3/t25-,26-/m1/s1. The first kappa shape index (κ1) is 28.0. The van der Waals surface area contributed by atoms with E-state index >= 15 is 8.78 Å². The molecule has 0 bridgehead atoms. The van der Waals surface area contributed by atoms with Crippen LogP contribution in [0.5, 0.6) is 0 Å². The Hall–Kier alpha value is -3.57. The second kappa shape index (κ2) is 10.8. The Morgan fingerprint density at radius 2 is 1.40 bits per heavy atom. The van der Waals surface area contributed by atoms with Crippen LogP contribution in [0.2, 0.25) is 30.2 Å². The maximum Gasteiger partial charge on any atom is 0.288 e. The zero-order valence-electron chi connectivity index (χ0n) is 22.1. The molecule has 3 aromatic carbocycles. The summed E-state index contributed by atoms with van der Waals surface area (Å²) in [5.41, 5.74) is 1.29. The molecule has 12 heteroatoms. The highest BCUT2D eigenvalue weighted by atomic mass is 35.5. The van der Waals surface area contributed by atoms with Crippen LogP contribution in [-0.2, 0) is 0 Å². The number of halogens is 3. The van der Waals surface area contributed by atoms with Gasteiger partial charge in [0.05, 0.1) is 30.0 Å². The Labute approximate surface area is 236 Å². The van der Waals surface area contributed by atoms with Gasteiger partial charge in [-0.15, -0.1) is 0 Å². The minimum Gasteiger partial charge on any atom is -0.367 e. The van der Waals surface area contributed by atoms with Crippen molar-refractivity contribution in [2.75, 3.05) is 22.9 Å². The summed E-state index contributed by atoms with van der Waals surface area (Å²) < 4.78 is 31.4. The van der Waals surface area contributed by atoms with Gasteiger partial charge >= 0.3 is 0 Å². The first-order valence-electron chi connectivity index (χ1n) is 13.2. The van der Waals surface area contributed by atoms with E-state index in [2.05, 4.69) is 13.1 Å². The molecule has 0 saturated carbocycles. The topological polar surface area (TPSA) is 92.8 Å². The molecule has 40 heavy (non-hydrogen) atoms. The Kier molecular flexibility index (Phi) is 7.53. The van der Waals surface area contributed by atoms with Crippen LogP contribution in [0.3, 0.4) is 0 Å². The fourth-order valence-corrected chi connectivity index (χ4v) is 8.05. The van der Waals surface area contributed by atoms with Crippen molar-refractivity contribution in [2.24, 2.45) is 0 Å². The Morgan fingerprint density at radius 1 is 0.850 bits per heavy atom. The van der Waals surface area contributed by atoms with Crippen molar-refractivity contribution in [3.05, 3.63) is 103 Å². The summed E-state index contributed by atoms with van der Waals surface area (Å²) in [6, 6.07) is 14.4. The number of hydrogen-bond donors (Lipinski definition) is 0. The van der Waals surface area contributed by atoms with Crippen LogP contribution in [0.4, 0.5) is 31.5 Å². The average Bonchev–Trinajstić information content (AvgIpc) is 3.34. The van der Waals surface area contributed by atoms with E-state index in [0.717, 1.165) is 17.7 Å². The first-order valence-corrected chi connectivity index (χ1v) is 16.9. The van der Waals surface area contributed by atoms with Gasteiger partial charge in [0.1, 0.15) is 10.7 Å². The van der Waals surface area contributed by atoms with Crippen molar-refractivity contribution in [2.45, 2.75) is 50.1 Å². The number of nitro benzene ring substituents is 2. The van der Waals surface area contributed by atoms with Gasteiger partial charge in [0, 0.05) is 37.0 Å².